The molecule has 0 aromatic heterocycles. The van der Waals surface area contributed by atoms with Crippen molar-refractivity contribution in [2.75, 3.05) is 39.5 Å². The number of nitrogens with one attached hydrogen (secondary N) is 2. The van der Waals surface area contributed by atoms with Gasteiger partial charge in [-0.15, -0.1) is 0 Å². The van der Waals surface area contributed by atoms with Crippen molar-refractivity contribution in [3.63, 3.8) is 0 Å². The Morgan fingerprint density at radius 3 is 2.47 bits per heavy atom. The number of piperidine rings is 1. The van der Waals surface area contributed by atoms with Crippen LogP contribution in [0.1, 0.15) is 26.7 Å². The normalized spacial score (nSPS) is 16.8. The van der Waals surface area contributed by atoms with E-state index in [-0.39, 0.29) is 24.9 Å². The lowest BCUT2D eigenvalue weighted by Crippen LogP contribution is -2.39. The van der Waals surface area contributed by atoms with E-state index in [1.807, 2.05) is 13.8 Å². The van der Waals surface area contributed by atoms with E-state index in [2.05, 4.69) is 10.6 Å². The van der Waals surface area contributed by atoms with Gasteiger partial charge >= 0.3 is 0 Å². The molecule has 6 heteroatoms. The van der Waals surface area contributed by atoms with E-state index in [0.29, 0.717) is 19.8 Å². The van der Waals surface area contributed by atoms with Crippen LogP contribution in [-0.2, 0) is 19.0 Å². The number of carbonyl (C=O) groups is 1. The molecular formula is C13H26N2O4. The molecule has 0 aromatic carbocycles. The van der Waals surface area contributed by atoms with Gasteiger partial charge in [0.15, 0.2) is 6.29 Å². The SMILES string of the molecule is CCOC(CNC(=O)COC1CCNCC1)OCC. The molecule has 0 radical (unpaired) electrons. The Balaban J connectivity index is 2.11. The highest BCUT2D eigenvalue weighted by Crippen LogP contribution is 2.06. The third-order valence-electron chi connectivity index (χ3n) is 2.91. The second-order valence-electron chi connectivity index (χ2n) is 4.40. The molecule has 1 rings (SSSR count). The molecule has 0 saturated carbocycles. The molecule has 0 aromatic rings. The van der Waals surface area contributed by atoms with Crippen LogP contribution in [0.4, 0.5) is 0 Å². The lowest BCUT2D eigenvalue weighted by atomic mass is 10.1. The summed E-state index contributed by atoms with van der Waals surface area (Å²) in [6.45, 7) is 7.30. The summed E-state index contributed by atoms with van der Waals surface area (Å²) in [4.78, 5) is 11.6. The molecule has 112 valence electrons. The maximum absolute atomic E-state index is 11.6. The van der Waals surface area contributed by atoms with Crippen molar-refractivity contribution in [1.29, 1.82) is 0 Å². The molecule has 1 fully saturated rings. The summed E-state index contributed by atoms with van der Waals surface area (Å²) in [5, 5.41) is 6.02. The van der Waals surface area contributed by atoms with Crippen molar-refractivity contribution in [2.45, 2.75) is 39.1 Å². The van der Waals surface area contributed by atoms with Gasteiger partial charge in [0.1, 0.15) is 6.61 Å². The zero-order valence-corrected chi connectivity index (χ0v) is 11.9. The topological polar surface area (TPSA) is 68.8 Å². The predicted octanol–water partition coefficient (Wildman–Crippen LogP) is 0.270. The monoisotopic (exact) mass is 274 g/mol. The highest BCUT2D eigenvalue weighted by atomic mass is 16.7. The summed E-state index contributed by atoms with van der Waals surface area (Å²) >= 11 is 0. The van der Waals surface area contributed by atoms with Crippen molar-refractivity contribution < 1.29 is 19.0 Å². The first-order valence-corrected chi connectivity index (χ1v) is 7.08. The third kappa shape index (κ3) is 7.47. The van der Waals surface area contributed by atoms with Crippen molar-refractivity contribution in [3.05, 3.63) is 0 Å². The molecule has 1 heterocycles. The Morgan fingerprint density at radius 1 is 1.26 bits per heavy atom. The van der Waals surface area contributed by atoms with E-state index >= 15 is 0 Å². The van der Waals surface area contributed by atoms with Crippen LogP contribution in [0.25, 0.3) is 0 Å². The van der Waals surface area contributed by atoms with Crippen LogP contribution in [0.2, 0.25) is 0 Å². The van der Waals surface area contributed by atoms with Crippen LogP contribution in [0, 0.1) is 0 Å². The molecule has 2 N–H and O–H groups in total. The summed E-state index contributed by atoms with van der Waals surface area (Å²) in [6.07, 6.45) is 1.75. The minimum Gasteiger partial charge on any atom is -0.368 e. The number of rotatable bonds is 9. The summed E-state index contributed by atoms with van der Waals surface area (Å²) in [5.41, 5.74) is 0. The molecule has 0 aliphatic carbocycles. The minimum absolute atomic E-state index is 0.107. The van der Waals surface area contributed by atoms with Gasteiger partial charge in [0, 0.05) is 13.2 Å². The summed E-state index contributed by atoms with van der Waals surface area (Å²) in [5.74, 6) is -0.122. The van der Waals surface area contributed by atoms with Gasteiger partial charge in [0.25, 0.3) is 0 Å². The van der Waals surface area contributed by atoms with Crippen LogP contribution in [-0.4, -0.2) is 57.8 Å². The first-order chi connectivity index (χ1) is 9.26. The van der Waals surface area contributed by atoms with Gasteiger partial charge in [-0.3, -0.25) is 4.79 Å². The molecule has 0 bridgehead atoms. The molecule has 0 unspecified atom stereocenters. The fraction of sp³-hybridized carbons (Fsp3) is 0.923. The standard InChI is InChI=1S/C13H26N2O4/c1-3-17-13(18-4-2)9-15-12(16)10-19-11-5-7-14-8-6-11/h11,13-14H,3-10H2,1-2H3,(H,15,16). The molecule has 19 heavy (non-hydrogen) atoms. The smallest absolute Gasteiger partial charge is 0.246 e. The quantitative estimate of drug-likeness (QED) is 0.591. The summed E-state index contributed by atoms with van der Waals surface area (Å²) < 4.78 is 16.2. The molecule has 1 aliphatic rings. The van der Waals surface area contributed by atoms with Crippen molar-refractivity contribution in [2.24, 2.45) is 0 Å². The second kappa shape index (κ2) is 10.1. The van der Waals surface area contributed by atoms with Gasteiger partial charge in [0.05, 0.1) is 12.6 Å². The summed E-state index contributed by atoms with van der Waals surface area (Å²) in [7, 11) is 0. The van der Waals surface area contributed by atoms with Crippen LogP contribution >= 0.6 is 0 Å². The van der Waals surface area contributed by atoms with Crippen molar-refractivity contribution >= 4 is 5.91 Å². The Kier molecular flexibility index (Phi) is 8.73. The number of ether oxygens (including phenoxy) is 3. The predicted molar refractivity (Wildman–Crippen MR) is 71.9 cm³/mol. The highest BCUT2D eigenvalue weighted by molar-refractivity contribution is 5.77. The Bertz CT molecular complexity index is 239. The van der Waals surface area contributed by atoms with E-state index in [9.17, 15) is 4.79 Å². The number of hydrogen-bond acceptors (Lipinski definition) is 5. The Labute approximate surface area is 115 Å². The van der Waals surface area contributed by atoms with E-state index in [4.69, 9.17) is 14.2 Å². The maximum atomic E-state index is 11.6. The van der Waals surface area contributed by atoms with Gasteiger partial charge < -0.3 is 24.8 Å². The molecule has 0 spiro atoms. The van der Waals surface area contributed by atoms with Crippen LogP contribution < -0.4 is 10.6 Å². The number of amides is 1. The Hall–Kier alpha value is -0.690. The number of carbonyl (C=O) groups excluding carboxylic acids is 1. The fourth-order valence-corrected chi connectivity index (χ4v) is 1.94. The van der Waals surface area contributed by atoms with Gasteiger partial charge in [-0.25, -0.2) is 0 Å². The fourth-order valence-electron chi connectivity index (χ4n) is 1.94. The molecule has 0 atom stereocenters. The molecule has 6 nitrogen and oxygen atoms in total. The molecule has 1 aliphatic heterocycles. The zero-order chi connectivity index (χ0) is 13.9. The van der Waals surface area contributed by atoms with Gasteiger partial charge in [-0.1, -0.05) is 0 Å². The van der Waals surface area contributed by atoms with Crippen LogP contribution in [0.15, 0.2) is 0 Å². The Morgan fingerprint density at radius 2 is 1.89 bits per heavy atom. The zero-order valence-electron chi connectivity index (χ0n) is 11.9. The third-order valence-corrected chi connectivity index (χ3v) is 2.91. The van der Waals surface area contributed by atoms with Crippen LogP contribution in [0.3, 0.4) is 0 Å². The van der Waals surface area contributed by atoms with Gasteiger partial charge in [-0.05, 0) is 39.8 Å². The molecular weight excluding hydrogens is 248 g/mol. The van der Waals surface area contributed by atoms with E-state index < -0.39 is 0 Å². The van der Waals surface area contributed by atoms with Gasteiger partial charge in [-0.2, -0.15) is 0 Å². The van der Waals surface area contributed by atoms with E-state index in [1.54, 1.807) is 0 Å². The average molecular weight is 274 g/mol. The minimum atomic E-state index is -0.377. The van der Waals surface area contributed by atoms with Crippen molar-refractivity contribution in [3.8, 4) is 0 Å². The second-order valence-corrected chi connectivity index (χ2v) is 4.40. The lowest BCUT2D eigenvalue weighted by molar-refractivity contribution is -0.143. The highest BCUT2D eigenvalue weighted by Gasteiger charge is 2.15. The maximum Gasteiger partial charge on any atom is 0.246 e. The number of hydrogen-bond donors (Lipinski definition) is 2. The first kappa shape index (κ1) is 16.4. The average Bonchev–Trinajstić information content (AvgIpc) is 2.44. The van der Waals surface area contributed by atoms with E-state index in [0.717, 1.165) is 25.9 Å². The van der Waals surface area contributed by atoms with Crippen molar-refractivity contribution in [1.82, 2.24) is 10.6 Å². The van der Waals surface area contributed by atoms with E-state index in [1.165, 1.54) is 0 Å². The van der Waals surface area contributed by atoms with Crippen LogP contribution in [0.5, 0.6) is 0 Å². The molecule has 1 saturated heterocycles. The summed E-state index contributed by atoms with van der Waals surface area (Å²) in [6, 6.07) is 0. The lowest BCUT2D eigenvalue weighted by Gasteiger charge is -2.23. The first-order valence-electron chi connectivity index (χ1n) is 7.08. The largest absolute Gasteiger partial charge is 0.368 e. The molecule has 1 amide bonds. The van der Waals surface area contributed by atoms with Gasteiger partial charge in [0.2, 0.25) is 5.91 Å².